The Kier molecular flexibility index (Phi) is 4.39. The van der Waals surface area contributed by atoms with Gasteiger partial charge in [0, 0.05) is 10.0 Å². The van der Waals surface area contributed by atoms with E-state index >= 15 is 0 Å². The first kappa shape index (κ1) is 14.9. The van der Waals surface area contributed by atoms with Gasteiger partial charge in [-0.05, 0) is 36.4 Å². The molecule has 2 aromatic rings. The highest BCUT2D eigenvalue weighted by Crippen LogP contribution is 2.27. The summed E-state index contributed by atoms with van der Waals surface area (Å²) in [5.41, 5.74) is 0.978. The van der Waals surface area contributed by atoms with Gasteiger partial charge in [0.25, 0.3) is 10.0 Å². The molecule has 0 amide bonds. The fraction of sp³-hybridized carbons (Fsp3) is 0. The second kappa shape index (κ2) is 5.88. The van der Waals surface area contributed by atoms with Crippen molar-refractivity contribution in [2.75, 3.05) is 4.72 Å². The number of nitrogens with one attached hydrogen (secondary N) is 1. The van der Waals surface area contributed by atoms with Gasteiger partial charge in [0.15, 0.2) is 0 Å². The summed E-state index contributed by atoms with van der Waals surface area (Å²) in [6, 6.07) is 11.1. The Hall–Kier alpha value is -1.48. The van der Waals surface area contributed by atoms with Crippen LogP contribution >= 0.6 is 27.5 Å². The number of halogens is 2. The molecule has 0 radical (unpaired) electrons. The van der Waals surface area contributed by atoms with Gasteiger partial charge in [-0.15, -0.1) is 6.42 Å². The number of anilines is 1. The first-order valence-electron chi connectivity index (χ1n) is 5.47. The van der Waals surface area contributed by atoms with Crippen LogP contribution in [0, 0.1) is 12.3 Å². The van der Waals surface area contributed by atoms with E-state index in [1.807, 2.05) is 0 Å². The highest BCUT2D eigenvalue weighted by atomic mass is 79.9. The lowest BCUT2D eigenvalue weighted by molar-refractivity contribution is 0.601. The van der Waals surface area contributed by atoms with E-state index in [9.17, 15) is 8.42 Å². The van der Waals surface area contributed by atoms with Crippen LogP contribution < -0.4 is 4.72 Å². The number of hydrogen-bond donors (Lipinski definition) is 1. The molecule has 6 heteroatoms. The van der Waals surface area contributed by atoms with Gasteiger partial charge in [0.1, 0.15) is 4.90 Å². The first-order chi connectivity index (χ1) is 9.42. The van der Waals surface area contributed by atoms with Crippen molar-refractivity contribution in [2.24, 2.45) is 0 Å². The molecule has 0 bridgehead atoms. The van der Waals surface area contributed by atoms with Crippen LogP contribution in [0.5, 0.6) is 0 Å². The van der Waals surface area contributed by atoms with Crippen LogP contribution in [0.4, 0.5) is 5.69 Å². The van der Waals surface area contributed by atoms with E-state index in [2.05, 4.69) is 26.6 Å². The summed E-state index contributed by atoms with van der Waals surface area (Å²) < 4.78 is 27.7. The zero-order chi connectivity index (χ0) is 14.8. The molecule has 0 spiro atoms. The van der Waals surface area contributed by atoms with Crippen molar-refractivity contribution in [2.45, 2.75) is 4.90 Å². The van der Waals surface area contributed by atoms with Crippen molar-refractivity contribution in [3.05, 3.63) is 57.5 Å². The minimum absolute atomic E-state index is 0.00785. The molecule has 0 aliphatic carbocycles. The molecule has 1 N–H and O–H groups in total. The fourth-order valence-electron chi connectivity index (χ4n) is 1.58. The standard InChI is InChI=1S/C14H9BrClNO2S/c1-2-10-4-3-5-12(8-10)17-20(18,19)14-7-6-11(15)9-13(14)16/h1,3-9,17H. The molecule has 0 heterocycles. The largest absolute Gasteiger partial charge is 0.280 e. The number of hydrogen-bond acceptors (Lipinski definition) is 2. The summed E-state index contributed by atoms with van der Waals surface area (Å²) in [5.74, 6) is 2.44. The number of benzene rings is 2. The van der Waals surface area contributed by atoms with E-state index in [-0.39, 0.29) is 9.92 Å². The van der Waals surface area contributed by atoms with Crippen molar-refractivity contribution in [1.82, 2.24) is 0 Å². The highest BCUT2D eigenvalue weighted by molar-refractivity contribution is 9.10. The van der Waals surface area contributed by atoms with Crippen LogP contribution in [0.15, 0.2) is 51.8 Å². The van der Waals surface area contributed by atoms with Gasteiger partial charge < -0.3 is 0 Å². The molecule has 0 saturated heterocycles. The monoisotopic (exact) mass is 369 g/mol. The molecule has 2 rings (SSSR count). The average Bonchev–Trinajstić information content (AvgIpc) is 2.37. The van der Waals surface area contributed by atoms with Crippen LogP contribution in [-0.2, 0) is 10.0 Å². The quantitative estimate of drug-likeness (QED) is 0.833. The van der Waals surface area contributed by atoms with E-state index in [4.69, 9.17) is 18.0 Å². The normalized spacial score (nSPS) is 10.8. The minimum Gasteiger partial charge on any atom is -0.280 e. The summed E-state index contributed by atoms with van der Waals surface area (Å²) in [6.45, 7) is 0. The molecule has 0 aromatic heterocycles. The average molecular weight is 371 g/mol. The molecule has 0 saturated carbocycles. The zero-order valence-corrected chi connectivity index (χ0v) is 13.3. The maximum absolute atomic E-state index is 12.3. The molecule has 3 nitrogen and oxygen atoms in total. The predicted octanol–water partition coefficient (Wildman–Crippen LogP) is 3.88. The Morgan fingerprint density at radius 1 is 1.20 bits per heavy atom. The van der Waals surface area contributed by atoms with E-state index in [1.165, 1.54) is 12.1 Å². The third-order valence-electron chi connectivity index (χ3n) is 2.46. The molecule has 0 aliphatic heterocycles. The van der Waals surface area contributed by atoms with Gasteiger partial charge in [-0.1, -0.05) is 39.5 Å². The molecule has 0 atom stereocenters. The van der Waals surface area contributed by atoms with E-state index < -0.39 is 10.0 Å². The van der Waals surface area contributed by atoms with Gasteiger partial charge in [-0.25, -0.2) is 8.42 Å². The van der Waals surface area contributed by atoms with Crippen molar-refractivity contribution in [3.63, 3.8) is 0 Å². The van der Waals surface area contributed by atoms with Crippen LogP contribution in [0.1, 0.15) is 5.56 Å². The van der Waals surface area contributed by atoms with Crippen LogP contribution in [0.2, 0.25) is 5.02 Å². The Bertz CT molecular complexity index is 797. The fourth-order valence-corrected chi connectivity index (χ4v) is 3.66. The van der Waals surface area contributed by atoms with Crippen molar-refractivity contribution in [1.29, 1.82) is 0 Å². The summed E-state index contributed by atoms with van der Waals surface area (Å²) >= 11 is 9.18. The van der Waals surface area contributed by atoms with Crippen molar-refractivity contribution >= 4 is 43.2 Å². The lowest BCUT2D eigenvalue weighted by atomic mass is 10.2. The topological polar surface area (TPSA) is 46.2 Å². The van der Waals surface area contributed by atoms with Crippen LogP contribution in [0.25, 0.3) is 0 Å². The Morgan fingerprint density at radius 3 is 2.60 bits per heavy atom. The van der Waals surface area contributed by atoms with Gasteiger partial charge in [-0.2, -0.15) is 0 Å². The second-order valence-corrected chi connectivity index (χ2v) is 6.88. The molecule has 0 unspecified atom stereocenters. The van der Waals surface area contributed by atoms with Gasteiger partial charge in [0.2, 0.25) is 0 Å². The Balaban J connectivity index is 2.38. The molecular formula is C14H9BrClNO2S. The lowest BCUT2D eigenvalue weighted by Gasteiger charge is -2.10. The van der Waals surface area contributed by atoms with E-state index in [1.54, 1.807) is 30.3 Å². The molecule has 2 aromatic carbocycles. The third kappa shape index (κ3) is 3.34. The summed E-state index contributed by atoms with van der Waals surface area (Å²) in [5, 5.41) is 0.139. The number of rotatable bonds is 3. The third-order valence-corrected chi connectivity index (χ3v) is 4.82. The summed E-state index contributed by atoms with van der Waals surface area (Å²) in [4.78, 5) is 0.00785. The van der Waals surface area contributed by atoms with E-state index in [0.29, 0.717) is 15.7 Å². The van der Waals surface area contributed by atoms with Crippen LogP contribution in [0.3, 0.4) is 0 Å². The van der Waals surface area contributed by atoms with Crippen molar-refractivity contribution < 1.29 is 8.42 Å². The van der Waals surface area contributed by atoms with Gasteiger partial charge >= 0.3 is 0 Å². The van der Waals surface area contributed by atoms with Crippen LogP contribution in [-0.4, -0.2) is 8.42 Å². The molecule has 0 fully saturated rings. The predicted molar refractivity (Wildman–Crippen MR) is 84.3 cm³/mol. The Labute approximate surface area is 131 Å². The van der Waals surface area contributed by atoms with Crippen molar-refractivity contribution in [3.8, 4) is 12.3 Å². The zero-order valence-electron chi connectivity index (χ0n) is 10.1. The van der Waals surface area contributed by atoms with E-state index in [0.717, 1.165) is 0 Å². The minimum atomic E-state index is -3.76. The molecule has 102 valence electrons. The SMILES string of the molecule is C#Cc1cccc(NS(=O)(=O)c2ccc(Br)cc2Cl)c1. The van der Waals surface area contributed by atoms with Gasteiger partial charge in [0.05, 0.1) is 10.7 Å². The highest BCUT2D eigenvalue weighted by Gasteiger charge is 2.18. The smallest absolute Gasteiger partial charge is 0.263 e. The summed E-state index contributed by atoms with van der Waals surface area (Å²) in [7, 11) is -3.76. The number of sulfonamides is 1. The maximum atomic E-state index is 12.3. The number of terminal acetylenes is 1. The second-order valence-electron chi connectivity index (χ2n) is 3.91. The molecule has 20 heavy (non-hydrogen) atoms. The molecular weight excluding hydrogens is 362 g/mol. The van der Waals surface area contributed by atoms with Gasteiger partial charge in [-0.3, -0.25) is 4.72 Å². The molecule has 0 aliphatic rings. The first-order valence-corrected chi connectivity index (χ1v) is 8.12. The lowest BCUT2D eigenvalue weighted by Crippen LogP contribution is -2.13. The Morgan fingerprint density at radius 2 is 1.95 bits per heavy atom. The maximum Gasteiger partial charge on any atom is 0.263 e. The summed E-state index contributed by atoms with van der Waals surface area (Å²) in [6.07, 6.45) is 5.28.